The van der Waals surface area contributed by atoms with Gasteiger partial charge in [0.1, 0.15) is 11.1 Å². The third-order valence-corrected chi connectivity index (χ3v) is 6.75. The fourth-order valence-electron chi connectivity index (χ4n) is 4.21. The van der Waals surface area contributed by atoms with Gasteiger partial charge in [0.25, 0.3) is 11.8 Å². The van der Waals surface area contributed by atoms with Crippen LogP contribution in [0.5, 0.6) is 0 Å². The van der Waals surface area contributed by atoms with E-state index in [9.17, 15) is 9.59 Å². The molecule has 1 atom stereocenters. The van der Waals surface area contributed by atoms with E-state index in [1.807, 2.05) is 0 Å². The molecule has 1 saturated heterocycles. The molecular weight excluding hydrogens is 336 g/mol. The van der Waals surface area contributed by atoms with Crippen LogP contribution in [0.4, 0.5) is 5.00 Å². The molecule has 0 bridgehead atoms. The van der Waals surface area contributed by atoms with Crippen molar-refractivity contribution < 1.29 is 14.3 Å². The molecule has 0 aromatic carbocycles. The van der Waals surface area contributed by atoms with E-state index in [1.165, 1.54) is 24.1 Å². The molecule has 2 heterocycles. The van der Waals surface area contributed by atoms with Crippen LogP contribution in [0.2, 0.25) is 0 Å². The van der Waals surface area contributed by atoms with Crippen LogP contribution in [0.25, 0.3) is 0 Å². The molecule has 3 aliphatic rings. The van der Waals surface area contributed by atoms with Gasteiger partial charge in [-0.3, -0.25) is 9.59 Å². The first-order valence-corrected chi connectivity index (χ1v) is 10.4. The zero-order chi connectivity index (χ0) is 17.2. The number of fused-ring (bicyclic) bond motifs is 1. The molecule has 5 nitrogen and oxygen atoms in total. The molecule has 2 fully saturated rings. The Balaban J connectivity index is 1.52. The summed E-state index contributed by atoms with van der Waals surface area (Å²) in [6.45, 7) is 0.647. The van der Waals surface area contributed by atoms with E-state index in [2.05, 4.69) is 10.6 Å². The van der Waals surface area contributed by atoms with Crippen molar-refractivity contribution >= 4 is 28.2 Å². The van der Waals surface area contributed by atoms with Gasteiger partial charge in [-0.1, -0.05) is 19.3 Å². The van der Waals surface area contributed by atoms with Crippen molar-refractivity contribution in [1.29, 1.82) is 0 Å². The van der Waals surface area contributed by atoms with E-state index in [0.717, 1.165) is 61.1 Å². The van der Waals surface area contributed by atoms with Gasteiger partial charge in [-0.15, -0.1) is 11.3 Å². The zero-order valence-corrected chi connectivity index (χ0v) is 15.4. The van der Waals surface area contributed by atoms with Gasteiger partial charge in [-0.05, 0) is 50.5 Å². The third kappa shape index (κ3) is 3.60. The predicted octanol–water partition coefficient (Wildman–Crippen LogP) is 3.42. The Kier molecular flexibility index (Phi) is 5.08. The van der Waals surface area contributed by atoms with Crippen molar-refractivity contribution in [2.75, 3.05) is 11.9 Å². The number of anilines is 1. The van der Waals surface area contributed by atoms with Crippen molar-refractivity contribution in [2.45, 2.75) is 76.4 Å². The van der Waals surface area contributed by atoms with Gasteiger partial charge in [-0.25, -0.2) is 0 Å². The van der Waals surface area contributed by atoms with Crippen LogP contribution in [0.3, 0.4) is 0 Å². The molecule has 1 aromatic rings. The molecule has 1 aliphatic heterocycles. The molecule has 2 N–H and O–H groups in total. The first kappa shape index (κ1) is 17.0. The lowest BCUT2D eigenvalue weighted by Crippen LogP contribution is -2.37. The second-order valence-corrected chi connectivity index (χ2v) is 8.47. The van der Waals surface area contributed by atoms with Crippen LogP contribution in [0.15, 0.2) is 0 Å². The molecule has 0 spiro atoms. The average molecular weight is 362 g/mol. The number of rotatable bonds is 4. The highest BCUT2D eigenvalue weighted by Gasteiger charge is 2.31. The Bertz CT molecular complexity index is 658. The Morgan fingerprint density at radius 3 is 2.60 bits per heavy atom. The minimum absolute atomic E-state index is 0.00561. The minimum Gasteiger partial charge on any atom is -0.368 e. The lowest BCUT2D eigenvalue weighted by Gasteiger charge is -2.23. The summed E-state index contributed by atoms with van der Waals surface area (Å²) in [6, 6.07) is 0.278. The van der Waals surface area contributed by atoms with Crippen LogP contribution >= 0.6 is 11.3 Å². The number of carbonyl (C=O) groups excluding carboxylic acids is 2. The Hall–Kier alpha value is -1.40. The van der Waals surface area contributed by atoms with Crippen molar-refractivity contribution in [1.82, 2.24) is 5.32 Å². The molecule has 4 rings (SSSR count). The number of hydrogen-bond acceptors (Lipinski definition) is 4. The minimum atomic E-state index is -0.369. The molecule has 6 heteroatoms. The van der Waals surface area contributed by atoms with Gasteiger partial charge in [0.15, 0.2) is 0 Å². The van der Waals surface area contributed by atoms with Crippen LogP contribution in [0, 0.1) is 0 Å². The third-order valence-electron chi connectivity index (χ3n) is 5.55. The van der Waals surface area contributed by atoms with Crippen molar-refractivity contribution in [3.05, 3.63) is 16.0 Å². The number of hydrogen-bond donors (Lipinski definition) is 2. The predicted molar refractivity (Wildman–Crippen MR) is 98.3 cm³/mol. The van der Waals surface area contributed by atoms with Crippen LogP contribution < -0.4 is 10.6 Å². The fraction of sp³-hybridized carbons (Fsp3) is 0.684. The molecule has 25 heavy (non-hydrogen) atoms. The molecule has 2 aliphatic carbocycles. The van der Waals surface area contributed by atoms with Gasteiger partial charge >= 0.3 is 0 Å². The first-order valence-electron chi connectivity index (χ1n) is 9.60. The summed E-state index contributed by atoms with van der Waals surface area (Å²) in [5.74, 6) is -0.113. The number of nitrogens with one attached hydrogen (secondary N) is 2. The maximum absolute atomic E-state index is 13.0. The van der Waals surface area contributed by atoms with Crippen molar-refractivity contribution in [3.63, 3.8) is 0 Å². The number of amides is 2. The standard InChI is InChI=1S/C19H26N2O3S/c22-17(14-9-5-11-24-14)21-19-16(13-8-4-10-15(13)25-19)18(23)20-12-6-2-1-3-7-12/h12,14H,1-11H2,(H,20,23)(H,21,22). The van der Waals surface area contributed by atoms with E-state index < -0.39 is 0 Å². The highest BCUT2D eigenvalue weighted by atomic mass is 32.1. The quantitative estimate of drug-likeness (QED) is 0.862. The largest absolute Gasteiger partial charge is 0.368 e. The van der Waals surface area contributed by atoms with Crippen molar-refractivity contribution in [2.24, 2.45) is 0 Å². The number of carbonyl (C=O) groups is 2. The lowest BCUT2D eigenvalue weighted by molar-refractivity contribution is -0.124. The maximum Gasteiger partial charge on any atom is 0.254 e. The van der Waals surface area contributed by atoms with Gasteiger partial charge in [0.2, 0.25) is 0 Å². The molecule has 136 valence electrons. The summed E-state index contributed by atoms with van der Waals surface area (Å²) in [7, 11) is 0. The average Bonchev–Trinajstić information content (AvgIpc) is 3.32. The first-order chi connectivity index (χ1) is 12.2. The van der Waals surface area contributed by atoms with E-state index >= 15 is 0 Å². The SMILES string of the molecule is O=C(NC1CCCCC1)c1c(NC(=O)C2CCCO2)sc2c1CCC2. The van der Waals surface area contributed by atoms with E-state index in [1.54, 1.807) is 11.3 Å². The monoisotopic (exact) mass is 362 g/mol. The van der Waals surface area contributed by atoms with E-state index in [4.69, 9.17) is 4.74 Å². The van der Waals surface area contributed by atoms with Gasteiger partial charge in [0, 0.05) is 17.5 Å². The Morgan fingerprint density at radius 2 is 1.84 bits per heavy atom. The summed E-state index contributed by atoms with van der Waals surface area (Å²) < 4.78 is 5.48. The maximum atomic E-state index is 13.0. The summed E-state index contributed by atoms with van der Waals surface area (Å²) in [5, 5.41) is 6.93. The Labute approximate surface area is 152 Å². The zero-order valence-electron chi connectivity index (χ0n) is 14.6. The summed E-state index contributed by atoms with van der Waals surface area (Å²) in [5.41, 5.74) is 1.87. The molecule has 1 aromatic heterocycles. The van der Waals surface area contributed by atoms with Gasteiger partial charge < -0.3 is 15.4 Å². The van der Waals surface area contributed by atoms with Crippen LogP contribution in [0.1, 0.15) is 72.2 Å². The molecule has 1 saturated carbocycles. The smallest absolute Gasteiger partial charge is 0.254 e. The summed E-state index contributed by atoms with van der Waals surface area (Å²) in [4.78, 5) is 26.7. The van der Waals surface area contributed by atoms with Gasteiger partial charge in [-0.2, -0.15) is 0 Å². The van der Waals surface area contributed by atoms with Crippen LogP contribution in [-0.4, -0.2) is 30.6 Å². The number of thiophene rings is 1. The number of aryl methyl sites for hydroxylation is 1. The Morgan fingerprint density at radius 1 is 1.00 bits per heavy atom. The summed E-state index contributed by atoms with van der Waals surface area (Å²) in [6.07, 6.45) is 10.2. The lowest BCUT2D eigenvalue weighted by atomic mass is 9.95. The molecule has 0 radical (unpaired) electrons. The van der Waals surface area contributed by atoms with E-state index in [-0.39, 0.29) is 24.0 Å². The second kappa shape index (κ2) is 7.46. The summed E-state index contributed by atoms with van der Waals surface area (Å²) >= 11 is 1.58. The number of ether oxygens (including phenoxy) is 1. The molecule has 1 unspecified atom stereocenters. The van der Waals surface area contributed by atoms with Gasteiger partial charge in [0.05, 0.1) is 5.56 Å². The fourth-order valence-corrected chi connectivity index (χ4v) is 5.50. The normalized spacial score (nSPS) is 23.4. The topological polar surface area (TPSA) is 67.4 Å². The highest BCUT2D eigenvalue weighted by molar-refractivity contribution is 7.17. The highest BCUT2D eigenvalue weighted by Crippen LogP contribution is 2.39. The second-order valence-electron chi connectivity index (χ2n) is 7.36. The van der Waals surface area contributed by atoms with Crippen LogP contribution in [-0.2, 0) is 22.4 Å². The molecular formula is C19H26N2O3S. The van der Waals surface area contributed by atoms with E-state index in [0.29, 0.717) is 6.61 Å². The molecule has 2 amide bonds. The van der Waals surface area contributed by atoms with Crippen molar-refractivity contribution in [3.8, 4) is 0 Å².